The molecule has 0 aliphatic heterocycles. The molecule has 0 unspecified atom stereocenters. The van der Waals surface area contributed by atoms with E-state index in [4.69, 9.17) is 0 Å². The van der Waals surface area contributed by atoms with Gasteiger partial charge >= 0.3 is 0 Å². The van der Waals surface area contributed by atoms with E-state index in [0.717, 1.165) is 38.6 Å². The number of fused-ring (bicyclic) bond motifs is 6. The molecule has 8 aromatic carbocycles. The molecule has 0 saturated carbocycles. The zero-order valence-corrected chi connectivity index (χ0v) is 26.9. The number of nitrogens with zero attached hydrogens (tertiary/aromatic N) is 1. The Labute approximate surface area is 288 Å². The van der Waals surface area contributed by atoms with Crippen molar-refractivity contribution < 1.29 is 9.59 Å². The van der Waals surface area contributed by atoms with Crippen LogP contribution in [0.15, 0.2) is 164 Å². The van der Waals surface area contributed by atoms with E-state index in [1.165, 1.54) is 37.9 Å². The number of benzene rings is 8. The molecule has 1 aliphatic rings. The molecule has 1 aliphatic carbocycles. The summed E-state index contributed by atoms with van der Waals surface area (Å²) in [6.45, 7) is 0. The first-order valence-electron chi connectivity index (χ1n) is 16.8. The molecule has 0 bridgehead atoms. The Balaban J connectivity index is 1.26. The minimum atomic E-state index is -0.217. The lowest BCUT2D eigenvalue weighted by molar-refractivity contribution is 0.0975. The van der Waals surface area contributed by atoms with Crippen LogP contribution < -0.4 is 0 Å². The summed E-state index contributed by atoms with van der Waals surface area (Å²) in [6, 6.07) is 54.7. The third kappa shape index (κ3) is 4.27. The topological polar surface area (TPSA) is 47.0 Å². The highest BCUT2D eigenvalue weighted by molar-refractivity contribution is 6.28. The van der Waals surface area contributed by atoms with Crippen LogP contribution in [0.2, 0.25) is 0 Å². The molecule has 0 atom stereocenters. The summed E-state index contributed by atoms with van der Waals surface area (Å²) in [5.41, 5.74) is 7.89. The SMILES string of the molecule is O=C1c2cc(-c3ccc4c(-c5ccc6ccccc6c5)c5ccccc5c(-c5ccc6ccccc6c5)c4c3)ccc2C(=O)c2ncccc21. The maximum Gasteiger partial charge on any atom is 0.212 e. The van der Waals surface area contributed by atoms with Crippen LogP contribution in [0.25, 0.3) is 76.5 Å². The van der Waals surface area contributed by atoms with Crippen molar-refractivity contribution in [2.75, 3.05) is 0 Å². The molecule has 3 nitrogen and oxygen atoms in total. The van der Waals surface area contributed by atoms with E-state index in [0.29, 0.717) is 16.7 Å². The van der Waals surface area contributed by atoms with E-state index in [1.54, 1.807) is 24.4 Å². The number of aromatic nitrogens is 1. The Hall–Kier alpha value is -6.71. The average Bonchev–Trinajstić information content (AvgIpc) is 3.18. The highest BCUT2D eigenvalue weighted by atomic mass is 16.1. The van der Waals surface area contributed by atoms with Crippen LogP contribution in [0.5, 0.6) is 0 Å². The van der Waals surface area contributed by atoms with Crippen molar-refractivity contribution in [3.8, 4) is 33.4 Å². The number of ketones is 2. The highest BCUT2D eigenvalue weighted by Crippen LogP contribution is 2.46. The Morgan fingerprint density at radius 3 is 1.56 bits per heavy atom. The third-order valence-corrected chi connectivity index (χ3v) is 10.2. The van der Waals surface area contributed by atoms with E-state index in [9.17, 15) is 9.59 Å². The lowest BCUT2D eigenvalue weighted by Crippen LogP contribution is -2.22. The van der Waals surface area contributed by atoms with Crippen LogP contribution >= 0.6 is 0 Å². The maximum atomic E-state index is 13.6. The Bertz CT molecular complexity index is 2920. The summed E-state index contributed by atoms with van der Waals surface area (Å²) in [5, 5.41) is 9.42. The standard InChI is InChI=1S/C47H27NO2/c49-46-40-14-7-23-48-45(40)47(50)39-22-20-33(27-42(39)46)32-19-21-38-41(26-32)44(35-18-16-29-9-2-4-11-31(29)25-35)37-13-6-5-12-36(37)43(38)34-17-15-28-8-1-3-10-30(28)24-34/h1-27H. The van der Waals surface area contributed by atoms with Crippen molar-refractivity contribution in [3.05, 3.63) is 186 Å². The van der Waals surface area contributed by atoms with Crippen molar-refractivity contribution in [1.82, 2.24) is 4.98 Å². The van der Waals surface area contributed by atoms with Gasteiger partial charge in [-0.2, -0.15) is 0 Å². The van der Waals surface area contributed by atoms with Crippen LogP contribution in [-0.4, -0.2) is 16.6 Å². The number of rotatable bonds is 3. The van der Waals surface area contributed by atoms with Crippen LogP contribution in [0.1, 0.15) is 32.0 Å². The molecule has 232 valence electrons. The van der Waals surface area contributed by atoms with Crippen molar-refractivity contribution in [3.63, 3.8) is 0 Å². The number of carbonyl (C=O) groups is 2. The molecule has 0 spiro atoms. The van der Waals surface area contributed by atoms with Gasteiger partial charge in [-0.15, -0.1) is 0 Å². The van der Waals surface area contributed by atoms with Gasteiger partial charge in [0.15, 0.2) is 5.78 Å². The fraction of sp³-hybridized carbons (Fsp3) is 0. The van der Waals surface area contributed by atoms with Gasteiger partial charge in [0.1, 0.15) is 5.69 Å². The van der Waals surface area contributed by atoms with E-state index in [-0.39, 0.29) is 17.3 Å². The second kappa shape index (κ2) is 10.9. The van der Waals surface area contributed by atoms with Crippen molar-refractivity contribution in [2.45, 2.75) is 0 Å². The van der Waals surface area contributed by atoms with Crippen molar-refractivity contribution >= 4 is 54.7 Å². The molecule has 1 heterocycles. The quantitative estimate of drug-likeness (QED) is 0.181. The second-order valence-electron chi connectivity index (χ2n) is 13.0. The second-order valence-corrected chi connectivity index (χ2v) is 13.0. The predicted molar refractivity (Wildman–Crippen MR) is 204 cm³/mol. The largest absolute Gasteiger partial charge is 0.288 e. The zero-order valence-electron chi connectivity index (χ0n) is 26.9. The molecule has 9 aromatic rings. The Morgan fingerprint density at radius 2 is 0.880 bits per heavy atom. The van der Waals surface area contributed by atoms with Gasteiger partial charge < -0.3 is 0 Å². The molecule has 0 fully saturated rings. The van der Waals surface area contributed by atoms with E-state index >= 15 is 0 Å². The van der Waals surface area contributed by atoms with Gasteiger partial charge in [-0.05, 0) is 119 Å². The first-order valence-corrected chi connectivity index (χ1v) is 16.8. The van der Waals surface area contributed by atoms with Crippen molar-refractivity contribution in [1.29, 1.82) is 0 Å². The zero-order chi connectivity index (χ0) is 33.3. The van der Waals surface area contributed by atoms with Crippen LogP contribution in [-0.2, 0) is 0 Å². The lowest BCUT2D eigenvalue weighted by Gasteiger charge is -2.20. The smallest absolute Gasteiger partial charge is 0.212 e. The van der Waals surface area contributed by atoms with E-state index < -0.39 is 0 Å². The van der Waals surface area contributed by atoms with Crippen LogP contribution in [0.4, 0.5) is 0 Å². The molecule has 3 heteroatoms. The molecule has 50 heavy (non-hydrogen) atoms. The Kier molecular flexibility index (Phi) is 6.18. The van der Waals surface area contributed by atoms with Gasteiger partial charge in [0, 0.05) is 17.3 Å². The van der Waals surface area contributed by atoms with E-state index in [2.05, 4.69) is 132 Å². The molecule has 0 radical (unpaired) electrons. The van der Waals surface area contributed by atoms with Gasteiger partial charge in [0.05, 0.1) is 5.56 Å². The first-order chi connectivity index (χ1) is 24.6. The van der Waals surface area contributed by atoms with Crippen molar-refractivity contribution in [2.24, 2.45) is 0 Å². The number of carbonyl (C=O) groups excluding carboxylic acids is 2. The normalized spacial score (nSPS) is 12.5. The molecular weight excluding hydrogens is 611 g/mol. The monoisotopic (exact) mass is 637 g/mol. The van der Waals surface area contributed by atoms with Gasteiger partial charge in [0.25, 0.3) is 0 Å². The van der Waals surface area contributed by atoms with Gasteiger partial charge in [-0.25, -0.2) is 0 Å². The summed E-state index contributed by atoms with van der Waals surface area (Å²) < 4.78 is 0. The molecule has 0 N–H and O–H groups in total. The third-order valence-electron chi connectivity index (χ3n) is 10.2. The summed E-state index contributed by atoms with van der Waals surface area (Å²) in [7, 11) is 0. The summed E-state index contributed by atoms with van der Waals surface area (Å²) in [6.07, 6.45) is 1.56. The summed E-state index contributed by atoms with van der Waals surface area (Å²) in [5.74, 6) is -0.392. The average molecular weight is 638 g/mol. The molecular formula is C47H27NO2. The van der Waals surface area contributed by atoms with Crippen LogP contribution in [0, 0.1) is 0 Å². The van der Waals surface area contributed by atoms with Crippen LogP contribution in [0.3, 0.4) is 0 Å². The van der Waals surface area contributed by atoms with Gasteiger partial charge in [0.2, 0.25) is 5.78 Å². The molecule has 1 aromatic heterocycles. The molecule has 0 saturated heterocycles. The van der Waals surface area contributed by atoms with Gasteiger partial charge in [-0.3, -0.25) is 14.6 Å². The number of hydrogen-bond acceptors (Lipinski definition) is 3. The fourth-order valence-electron chi connectivity index (χ4n) is 7.82. The summed E-state index contributed by atoms with van der Waals surface area (Å²) in [4.78, 5) is 31.2. The Morgan fingerprint density at radius 1 is 0.340 bits per heavy atom. The predicted octanol–water partition coefficient (Wildman–Crippen LogP) is 11.5. The fourth-order valence-corrected chi connectivity index (χ4v) is 7.82. The van der Waals surface area contributed by atoms with E-state index in [1.807, 2.05) is 12.1 Å². The molecule has 10 rings (SSSR count). The minimum absolute atomic E-state index is 0.174. The van der Waals surface area contributed by atoms with Gasteiger partial charge in [-0.1, -0.05) is 115 Å². The number of pyridine rings is 1. The molecule has 0 amide bonds. The number of hydrogen-bond donors (Lipinski definition) is 0. The summed E-state index contributed by atoms with van der Waals surface area (Å²) >= 11 is 0. The maximum absolute atomic E-state index is 13.6. The minimum Gasteiger partial charge on any atom is -0.288 e. The first kappa shape index (κ1) is 28.3. The highest BCUT2D eigenvalue weighted by Gasteiger charge is 2.31. The lowest BCUT2D eigenvalue weighted by atomic mass is 9.83.